The third-order valence-corrected chi connectivity index (χ3v) is 8.08. The van der Waals surface area contributed by atoms with Gasteiger partial charge in [0, 0.05) is 23.2 Å². The van der Waals surface area contributed by atoms with Crippen molar-refractivity contribution in [3.05, 3.63) is 162 Å². The number of aromatic nitrogens is 1. The molecule has 0 saturated heterocycles. The normalized spacial score (nSPS) is 16.0. The lowest BCUT2D eigenvalue weighted by atomic mass is 9.68. The Morgan fingerprint density at radius 1 is 0.500 bits per heavy atom. The van der Waals surface area contributed by atoms with Crippen LogP contribution in [0.5, 0.6) is 0 Å². The van der Waals surface area contributed by atoms with Gasteiger partial charge >= 0.3 is 0 Å². The summed E-state index contributed by atoms with van der Waals surface area (Å²) in [4.78, 5) is 4.36. The van der Waals surface area contributed by atoms with Crippen LogP contribution in [0.15, 0.2) is 144 Å². The molecular formula is C36H23NO. The smallest absolute Gasteiger partial charge is 0.135 e. The van der Waals surface area contributed by atoms with E-state index in [2.05, 4.69) is 120 Å². The van der Waals surface area contributed by atoms with Crippen molar-refractivity contribution in [1.29, 1.82) is 0 Å². The fourth-order valence-corrected chi connectivity index (χ4v) is 6.54. The summed E-state index contributed by atoms with van der Waals surface area (Å²) >= 11 is 0. The third kappa shape index (κ3) is 2.80. The Labute approximate surface area is 220 Å². The summed E-state index contributed by atoms with van der Waals surface area (Å²) < 4.78 is 6.14. The predicted octanol–water partition coefficient (Wildman–Crippen LogP) is 9.01. The Hall–Kier alpha value is -4.95. The molecule has 0 amide bonds. The van der Waals surface area contributed by atoms with Crippen LogP contribution in [0.4, 0.5) is 0 Å². The molecule has 1 aliphatic carbocycles. The molecular weight excluding hydrogens is 462 g/mol. The quantitative estimate of drug-likeness (QED) is 0.249. The second kappa shape index (κ2) is 8.03. The monoisotopic (exact) mass is 485 g/mol. The fourth-order valence-electron chi connectivity index (χ4n) is 6.54. The summed E-state index contributed by atoms with van der Waals surface area (Å²) in [7, 11) is 0. The molecule has 178 valence electrons. The van der Waals surface area contributed by atoms with E-state index < -0.39 is 5.41 Å². The van der Waals surface area contributed by atoms with Crippen LogP contribution in [0.1, 0.15) is 22.3 Å². The van der Waals surface area contributed by atoms with Crippen LogP contribution in [0.3, 0.4) is 0 Å². The van der Waals surface area contributed by atoms with E-state index in [1.807, 2.05) is 24.5 Å². The Morgan fingerprint density at radius 2 is 1.18 bits per heavy atom. The lowest BCUT2D eigenvalue weighted by molar-refractivity contribution is 0.669. The first-order chi connectivity index (χ1) is 18.9. The topological polar surface area (TPSA) is 26.0 Å². The second-order valence-electron chi connectivity index (χ2n) is 9.93. The molecule has 0 saturated carbocycles. The van der Waals surface area contributed by atoms with Crippen molar-refractivity contribution in [2.75, 3.05) is 0 Å². The maximum absolute atomic E-state index is 6.14. The maximum atomic E-state index is 6.14. The summed E-state index contributed by atoms with van der Waals surface area (Å²) in [6.07, 6.45) is 3.81. The van der Waals surface area contributed by atoms with Gasteiger partial charge in [0.05, 0.1) is 5.41 Å². The van der Waals surface area contributed by atoms with Gasteiger partial charge in [0.25, 0.3) is 0 Å². The van der Waals surface area contributed by atoms with Crippen molar-refractivity contribution in [3.63, 3.8) is 0 Å². The first-order valence-electron chi connectivity index (χ1n) is 13.0. The highest BCUT2D eigenvalue weighted by atomic mass is 16.3. The van der Waals surface area contributed by atoms with Crippen LogP contribution in [0.2, 0.25) is 0 Å². The maximum Gasteiger partial charge on any atom is 0.135 e. The Kier molecular flexibility index (Phi) is 4.47. The van der Waals surface area contributed by atoms with Gasteiger partial charge in [-0.3, -0.25) is 4.98 Å². The Morgan fingerprint density at radius 3 is 2.08 bits per heavy atom. The van der Waals surface area contributed by atoms with Gasteiger partial charge in [-0.25, -0.2) is 0 Å². The van der Waals surface area contributed by atoms with Gasteiger partial charge in [-0.1, -0.05) is 97.1 Å². The minimum Gasteiger partial charge on any atom is -0.456 e. The summed E-state index contributed by atoms with van der Waals surface area (Å²) in [5.74, 6) is 0. The molecule has 38 heavy (non-hydrogen) atoms. The average Bonchev–Trinajstić information content (AvgIpc) is 3.52. The Balaban J connectivity index is 1.47. The molecule has 2 aromatic heterocycles. The highest BCUT2D eigenvalue weighted by molar-refractivity contribution is 6.07. The molecule has 5 aromatic carbocycles. The lowest BCUT2D eigenvalue weighted by Crippen LogP contribution is -2.28. The number of pyridine rings is 1. The average molecular weight is 486 g/mol. The van der Waals surface area contributed by atoms with Crippen LogP contribution in [0.25, 0.3) is 44.2 Å². The lowest BCUT2D eigenvalue weighted by Gasteiger charge is -2.33. The van der Waals surface area contributed by atoms with Crippen molar-refractivity contribution >= 4 is 21.9 Å². The zero-order chi connectivity index (χ0) is 25.1. The van der Waals surface area contributed by atoms with Crippen molar-refractivity contribution < 1.29 is 4.42 Å². The van der Waals surface area contributed by atoms with E-state index >= 15 is 0 Å². The number of rotatable bonds is 3. The standard InChI is InChI=1S/C36H23NO/c1-2-9-25(10-3-1)36(26-19-21-37-22-20-26)31-14-6-4-12-29(31)35-27(13-8-15-32(35)36)24-17-18-34-30(23-24)28-11-5-7-16-33(28)38-34/h1-23H. The van der Waals surface area contributed by atoms with Gasteiger partial charge in [0.15, 0.2) is 0 Å². The minimum atomic E-state index is -0.432. The number of hydrogen-bond donors (Lipinski definition) is 0. The molecule has 2 heteroatoms. The molecule has 7 aromatic rings. The molecule has 1 aliphatic rings. The van der Waals surface area contributed by atoms with Gasteiger partial charge in [0.2, 0.25) is 0 Å². The molecule has 0 N–H and O–H groups in total. The Bertz CT molecular complexity index is 1930. The highest BCUT2D eigenvalue weighted by Crippen LogP contribution is 2.58. The van der Waals surface area contributed by atoms with Crippen molar-refractivity contribution in [3.8, 4) is 22.3 Å². The SMILES string of the molecule is c1ccc(C2(c3ccncc3)c3ccccc3-c3c(-c4ccc5oc6ccccc6c5c4)cccc32)cc1. The van der Waals surface area contributed by atoms with E-state index in [0.717, 1.165) is 21.9 Å². The zero-order valence-corrected chi connectivity index (χ0v) is 20.6. The fraction of sp³-hybridized carbons (Fsp3) is 0.0278. The molecule has 8 rings (SSSR count). The van der Waals surface area contributed by atoms with Crippen LogP contribution >= 0.6 is 0 Å². The molecule has 1 unspecified atom stereocenters. The van der Waals surface area contributed by atoms with Gasteiger partial charge in [-0.15, -0.1) is 0 Å². The highest BCUT2D eigenvalue weighted by Gasteiger charge is 2.46. The van der Waals surface area contributed by atoms with Gasteiger partial charge in [0.1, 0.15) is 11.2 Å². The van der Waals surface area contributed by atoms with E-state index in [9.17, 15) is 0 Å². The number of nitrogens with zero attached hydrogens (tertiary/aromatic N) is 1. The van der Waals surface area contributed by atoms with Crippen LogP contribution in [0, 0.1) is 0 Å². The number of benzene rings is 5. The number of hydrogen-bond acceptors (Lipinski definition) is 2. The molecule has 0 fully saturated rings. The molecule has 2 heterocycles. The van der Waals surface area contributed by atoms with Gasteiger partial charge < -0.3 is 4.42 Å². The van der Waals surface area contributed by atoms with Crippen LogP contribution in [-0.2, 0) is 5.41 Å². The molecule has 0 spiro atoms. The molecule has 0 radical (unpaired) electrons. The summed E-state index contributed by atoms with van der Waals surface area (Å²) in [6.45, 7) is 0. The van der Waals surface area contributed by atoms with Crippen LogP contribution in [-0.4, -0.2) is 4.98 Å². The van der Waals surface area contributed by atoms with Gasteiger partial charge in [-0.2, -0.15) is 0 Å². The van der Waals surface area contributed by atoms with E-state index in [-0.39, 0.29) is 0 Å². The predicted molar refractivity (Wildman–Crippen MR) is 154 cm³/mol. The third-order valence-electron chi connectivity index (χ3n) is 8.08. The number of furan rings is 1. The molecule has 1 atom stereocenters. The van der Waals surface area contributed by atoms with Crippen LogP contribution < -0.4 is 0 Å². The number of para-hydroxylation sites is 1. The van der Waals surface area contributed by atoms with Crippen molar-refractivity contribution in [2.24, 2.45) is 0 Å². The summed E-state index contributed by atoms with van der Waals surface area (Å²) in [5, 5.41) is 2.29. The van der Waals surface area contributed by atoms with Crippen molar-refractivity contribution in [1.82, 2.24) is 4.98 Å². The second-order valence-corrected chi connectivity index (χ2v) is 9.93. The van der Waals surface area contributed by atoms with Crippen molar-refractivity contribution in [2.45, 2.75) is 5.41 Å². The van der Waals surface area contributed by atoms with Gasteiger partial charge in [-0.05, 0) is 74.8 Å². The summed E-state index contributed by atoms with van der Waals surface area (Å²) in [5.41, 5.74) is 11.5. The largest absolute Gasteiger partial charge is 0.456 e. The molecule has 0 aliphatic heterocycles. The van der Waals surface area contributed by atoms with E-state index in [1.54, 1.807) is 0 Å². The summed E-state index contributed by atoms with van der Waals surface area (Å²) in [6, 6.07) is 45.7. The van der Waals surface area contributed by atoms with E-state index in [0.29, 0.717) is 0 Å². The van der Waals surface area contributed by atoms with E-state index in [4.69, 9.17) is 4.42 Å². The van der Waals surface area contributed by atoms with E-state index in [1.165, 1.54) is 44.5 Å². The zero-order valence-electron chi connectivity index (χ0n) is 20.6. The minimum absolute atomic E-state index is 0.432. The number of fused-ring (bicyclic) bond motifs is 6. The molecule has 2 nitrogen and oxygen atoms in total. The first kappa shape index (κ1) is 21.2. The molecule has 0 bridgehead atoms. The first-order valence-corrected chi connectivity index (χ1v) is 13.0.